The van der Waals surface area contributed by atoms with Gasteiger partial charge < -0.3 is 28.7 Å². The number of ketones is 1. The van der Waals surface area contributed by atoms with Crippen molar-refractivity contribution in [2.24, 2.45) is 0 Å². The summed E-state index contributed by atoms with van der Waals surface area (Å²) in [5, 5.41) is 0. The number of rotatable bonds is 6. The normalized spacial score (nSPS) is 13.8. The van der Waals surface area contributed by atoms with Gasteiger partial charge in [-0.05, 0) is 19.1 Å². The molecule has 2 aromatic rings. The maximum atomic E-state index is 13.4. The summed E-state index contributed by atoms with van der Waals surface area (Å²) in [6.45, 7) is 1.75. The minimum atomic E-state index is -2.09. The highest BCUT2D eigenvalue weighted by Gasteiger charge is 2.52. The summed E-state index contributed by atoms with van der Waals surface area (Å²) in [7, 11) is 4.71. The Labute approximate surface area is 176 Å². The van der Waals surface area contributed by atoms with Gasteiger partial charge in [0, 0.05) is 19.8 Å². The van der Waals surface area contributed by atoms with E-state index in [-0.39, 0.29) is 46.1 Å². The maximum absolute atomic E-state index is 13.4. The van der Waals surface area contributed by atoms with Crippen LogP contribution >= 0.6 is 0 Å². The Morgan fingerprint density at radius 2 is 1.65 bits per heavy atom. The number of nitrogens with one attached hydrogen (secondary N) is 1. The number of Topliss-reactive ketones (excluding diaryl/α,β-unsaturated/α-hetero) is 1. The summed E-state index contributed by atoms with van der Waals surface area (Å²) < 4.78 is 25.4. The minimum absolute atomic E-state index is 0.0111. The van der Waals surface area contributed by atoms with E-state index in [0.717, 1.165) is 20.3 Å². The van der Waals surface area contributed by atoms with Crippen LogP contribution in [0, 0.1) is 0 Å². The first kappa shape index (κ1) is 22.1. The number of pyridine rings is 1. The van der Waals surface area contributed by atoms with E-state index in [2.05, 4.69) is 9.97 Å². The molecule has 0 bridgehead atoms. The number of esters is 3. The number of ether oxygens (including phenoxy) is 5. The fourth-order valence-electron chi connectivity index (χ4n) is 3.41. The smallest absolute Gasteiger partial charge is 0.356 e. The lowest BCUT2D eigenvalue weighted by Gasteiger charge is -2.34. The van der Waals surface area contributed by atoms with Crippen LogP contribution in [-0.2, 0) is 29.5 Å². The molecule has 164 valence electrons. The van der Waals surface area contributed by atoms with Gasteiger partial charge in [-0.3, -0.25) is 4.79 Å². The fourth-order valence-corrected chi connectivity index (χ4v) is 3.41. The van der Waals surface area contributed by atoms with Gasteiger partial charge >= 0.3 is 17.9 Å². The predicted octanol–water partition coefficient (Wildman–Crippen LogP) is 1.47. The van der Waals surface area contributed by atoms with Gasteiger partial charge in [-0.25, -0.2) is 19.4 Å². The number of nitrogens with zero attached hydrogens (tertiary/aromatic N) is 1. The summed E-state index contributed by atoms with van der Waals surface area (Å²) in [6.07, 6.45) is 0. The Hall–Kier alpha value is -3.57. The number of fused-ring (bicyclic) bond motifs is 3. The van der Waals surface area contributed by atoms with Crippen LogP contribution < -0.4 is 0 Å². The van der Waals surface area contributed by atoms with Gasteiger partial charge in [0.1, 0.15) is 17.1 Å². The molecule has 0 radical (unpaired) electrons. The molecule has 11 nitrogen and oxygen atoms in total. The van der Waals surface area contributed by atoms with Gasteiger partial charge in [0.15, 0.2) is 0 Å². The third kappa shape index (κ3) is 3.27. The summed E-state index contributed by atoms with van der Waals surface area (Å²) in [4.78, 5) is 57.4. The van der Waals surface area contributed by atoms with E-state index in [1.54, 1.807) is 6.92 Å². The van der Waals surface area contributed by atoms with E-state index in [9.17, 15) is 19.2 Å². The molecule has 0 aromatic carbocycles. The SMILES string of the molecule is CCOC(=O)c1cc2c([nH]1)-c1c(C(=O)OC)cc(C(=O)OC)nc1C(OC)(OC)C2=O. The quantitative estimate of drug-likeness (QED) is 0.405. The Balaban J connectivity index is 2.43. The van der Waals surface area contributed by atoms with Crippen LogP contribution in [0.2, 0.25) is 0 Å². The van der Waals surface area contributed by atoms with E-state index in [1.807, 2.05) is 0 Å². The molecule has 0 saturated carbocycles. The standard InChI is InChI=1S/C20H20N2O9/c1-6-31-19(26)12-8-10-14(21-12)13-9(17(24)27-2)7-11(18(25)28-3)22-15(13)20(29-4,30-5)16(10)23/h7-8,21H,6H2,1-5H3. The highest BCUT2D eigenvalue weighted by molar-refractivity contribution is 6.14. The molecule has 1 aliphatic rings. The lowest BCUT2D eigenvalue weighted by Crippen LogP contribution is -2.44. The molecule has 0 amide bonds. The van der Waals surface area contributed by atoms with E-state index in [1.165, 1.54) is 20.3 Å². The molecule has 0 spiro atoms. The number of hydrogen-bond donors (Lipinski definition) is 1. The van der Waals surface area contributed by atoms with Crippen LogP contribution in [0.1, 0.15) is 54.3 Å². The first-order chi connectivity index (χ1) is 14.8. The molecule has 3 rings (SSSR count). The lowest BCUT2D eigenvalue weighted by atomic mass is 9.84. The number of carbonyl (C=O) groups excluding carboxylic acids is 4. The van der Waals surface area contributed by atoms with Crippen LogP contribution in [-0.4, -0.2) is 68.7 Å². The van der Waals surface area contributed by atoms with E-state index in [0.29, 0.717) is 0 Å². The first-order valence-electron chi connectivity index (χ1n) is 9.07. The summed E-state index contributed by atoms with van der Waals surface area (Å²) in [5.41, 5.74) is -0.383. The number of aromatic amines is 1. The number of carbonyl (C=O) groups is 4. The first-order valence-corrected chi connectivity index (χ1v) is 9.07. The van der Waals surface area contributed by atoms with Crippen molar-refractivity contribution < 1.29 is 42.9 Å². The van der Waals surface area contributed by atoms with Gasteiger partial charge in [-0.2, -0.15) is 0 Å². The Bertz CT molecular complexity index is 1080. The predicted molar refractivity (Wildman–Crippen MR) is 103 cm³/mol. The number of aromatic nitrogens is 2. The van der Waals surface area contributed by atoms with Gasteiger partial charge in [0.2, 0.25) is 5.78 Å². The van der Waals surface area contributed by atoms with Gasteiger partial charge in [-0.1, -0.05) is 0 Å². The number of H-pyrrole nitrogens is 1. The molecule has 1 aliphatic carbocycles. The second kappa shape index (κ2) is 8.28. The zero-order valence-corrected chi connectivity index (χ0v) is 17.5. The van der Waals surface area contributed by atoms with Crippen molar-refractivity contribution >= 4 is 23.7 Å². The zero-order valence-electron chi connectivity index (χ0n) is 17.5. The summed E-state index contributed by atoms with van der Waals surface area (Å²) >= 11 is 0. The molecule has 2 heterocycles. The summed E-state index contributed by atoms with van der Waals surface area (Å²) in [5.74, 6) is -5.17. The highest BCUT2D eigenvalue weighted by atomic mass is 16.7. The molecule has 31 heavy (non-hydrogen) atoms. The molecule has 0 fully saturated rings. The molecule has 0 atom stereocenters. The van der Waals surface area contributed by atoms with Crippen molar-refractivity contribution in [1.29, 1.82) is 0 Å². The van der Waals surface area contributed by atoms with Crippen LogP contribution in [0.3, 0.4) is 0 Å². The van der Waals surface area contributed by atoms with Crippen molar-refractivity contribution in [2.45, 2.75) is 12.7 Å². The second-order valence-corrected chi connectivity index (χ2v) is 6.31. The van der Waals surface area contributed by atoms with Crippen LogP contribution in [0.15, 0.2) is 12.1 Å². The average Bonchev–Trinajstić information content (AvgIpc) is 3.24. The van der Waals surface area contributed by atoms with Crippen LogP contribution in [0.25, 0.3) is 11.3 Å². The highest BCUT2D eigenvalue weighted by Crippen LogP contribution is 2.45. The number of methoxy groups -OCH3 is 4. The molecule has 2 aromatic heterocycles. The van der Waals surface area contributed by atoms with Crippen molar-refractivity contribution in [3.63, 3.8) is 0 Å². The third-order valence-corrected chi connectivity index (χ3v) is 4.81. The third-order valence-electron chi connectivity index (χ3n) is 4.81. The lowest BCUT2D eigenvalue weighted by molar-refractivity contribution is -0.179. The summed E-state index contributed by atoms with van der Waals surface area (Å²) in [6, 6.07) is 2.44. The largest absolute Gasteiger partial charge is 0.465 e. The molecule has 0 saturated heterocycles. The molecule has 0 unspecified atom stereocenters. The van der Waals surface area contributed by atoms with Crippen LogP contribution in [0.4, 0.5) is 0 Å². The fraction of sp³-hybridized carbons (Fsp3) is 0.350. The maximum Gasteiger partial charge on any atom is 0.356 e. The molecular weight excluding hydrogens is 412 g/mol. The van der Waals surface area contributed by atoms with Gasteiger partial charge in [0.05, 0.1) is 37.6 Å². The molecular formula is C20H20N2O9. The van der Waals surface area contributed by atoms with Crippen molar-refractivity contribution in [1.82, 2.24) is 9.97 Å². The monoisotopic (exact) mass is 432 g/mol. The molecule has 0 aliphatic heterocycles. The van der Waals surface area contributed by atoms with Crippen LogP contribution in [0.5, 0.6) is 0 Å². The average molecular weight is 432 g/mol. The van der Waals surface area contributed by atoms with Crippen molar-refractivity contribution in [2.75, 3.05) is 35.0 Å². The Morgan fingerprint density at radius 3 is 2.19 bits per heavy atom. The van der Waals surface area contributed by atoms with Gasteiger partial charge in [-0.15, -0.1) is 0 Å². The Kier molecular flexibility index (Phi) is 5.91. The topological polar surface area (TPSA) is 143 Å². The minimum Gasteiger partial charge on any atom is -0.465 e. The zero-order chi connectivity index (χ0) is 22.9. The van der Waals surface area contributed by atoms with E-state index >= 15 is 0 Å². The van der Waals surface area contributed by atoms with E-state index < -0.39 is 29.5 Å². The second-order valence-electron chi connectivity index (χ2n) is 6.31. The number of hydrogen-bond acceptors (Lipinski definition) is 10. The van der Waals surface area contributed by atoms with E-state index in [4.69, 9.17) is 23.7 Å². The van der Waals surface area contributed by atoms with Crippen molar-refractivity contribution in [3.05, 3.63) is 40.3 Å². The van der Waals surface area contributed by atoms with Crippen molar-refractivity contribution in [3.8, 4) is 11.3 Å². The Morgan fingerprint density at radius 1 is 1.00 bits per heavy atom. The molecule has 11 heteroatoms. The van der Waals surface area contributed by atoms with Gasteiger partial charge in [0.25, 0.3) is 5.79 Å². The molecule has 1 N–H and O–H groups in total.